The number of ether oxygens (including phenoxy) is 1. The summed E-state index contributed by atoms with van der Waals surface area (Å²) in [5.74, 6) is 2.51. The van der Waals surface area contributed by atoms with Gasteiger partial charge in [0.25, 0.3) is 0 Å². The zero-order chi connectivity index (χ0) is 14.7. The summed E-state index contributed by atoms with van der Waals surface area (Å²) >= 11 is 2.27. The molecule has 0 fully saturated rings. The largest absolute Gasteiger partial charge is 0.496 e. The summed E-state index contributed by atoms with van der Waals surface area (Å²) in [5.41, 5.74) is 3.07. The van der Waals surface area contributed by atoms with E-state index in [1.54, 1.807) is 7.11 Å². The Morgan fingerprint density at radius 2 is 2.00 bits per heavy atom. The predicted molar refractivity (Wildman–Crippen MR) is 90.4 cm³/mol. The molecule has 0 atom stereocenters. The van der Waals surface area contributed by atoms with Crippen molar-refractivity contribution in [1.29, 1.82) is 0 Å². The topological polar surface area (TPSA) is 47.0 Å². The number of aryl methyl sites for hydroxylation is 2. The molecule has 0 aliphatic heterocycles. The van der Waals surface area contributed by atoms with E-state index < -0.39 is 0 Å². The van der Waals surface area contributed by atoms with Gasteiger partial charge in [-0.15, -0.1) is 0 Å². The van der Waals surface area contributed by atoms with Gasteiger partial charge in [-0.1, -0.05) is 0 Å². The van der Waals surface area contributed by atoms with Crippen LogP contribution in [0.5, 0.6) is 5.75 Å². The summed E-state index contributed by atoms with van der Waals surface area (Å²) in [7, 11) is 1.68. The van der Waals surface area contributed by atoms with Crippen molar-refractivity contribution in [1.82, 2.24) is 9.97 Å². The number of benzene rings is 1. The molecule has 0 aliphatic carbocycles. The quantitative estimate of drug-likeness (QED) is 0.816. The Morgan fingerprint density at radius 1 is 1.25 bits per heavy atom. The smallest absolute Gasteiger partial charge is 0.161 e. The second-order valence-corrected chi connectivity index (χ2v) is 5.59. The monoisotopic (exact) mass is 383 g/mol. The van der Waals surface area contributed by atoms with Crippen molar-refractivity contribution in [2.24, 2.45) is 0 Å². The zero-order valence-electron chi connectivity index (χ0n) is 12.1. The molecule has 0 saturated carbocycles. The molecule has 0 bridgehead atoms. The third-order valence-electron chi connectivity index (χ3n) is 3.01. The Bertz CT molecular complexity index is 629. The molecule has 0 radical (unpaired) electrons. The first kappa shape index (κ1) is 15.0. The van der Waals surface area contributed by atoms with Crippen LogP contribution in [0.4, 0.5) is 5.82 Å². The Labute approximate surface area is 133 Å². The fourth-order valence-corrected chi connectivity index (χ4v) is 2.42. The van der Waals surface area contributed by atoms with Gasteiger partial charge in [0.05, 0.1) is 16.4 Å². The Hall–Kier alpha value is -1.37. The predicted octanol–water partition coefficient (Wildman–Crippen LogP) is 3.81. The molecule has 2 rings (SSSR count). The number of methoxy groups -OCH3 is 1. The fourth-order valence-electron chi connectivity index (χ4n) is 1.99. The van der Waals surface area contributed by atoms with E-state index in [2.05, 4.69) is 50.9 Å². The minimum Gasteiger partial charge on any atom is -0.496 e. The molecule has 0 amide bonds. The van der Waals surface area contributed by atoms with Gasteiger partial charge in [0.15, 0.2) is 5.82 Å². The molecule has 5 heteroatoms. The lowest BCUT2D eigenvalue weighted by atomic mass is 10.1. The molecule has 1 aromatic heterocycles. The number of nitrogens with zero attached hydrogens (tertiary/aromatic N) is 2. The highest BCUT2D eigenvalue weighted by Crippen LogP contribution is 2.27. The second kappa shape index (κ2) is 6.39. The summed E-state index contributed by atoms with van der Waals surface area (Å²) in [4.78, 5) is 9.20. The normalized spacial score (nSPS) is 10.4. The number of hydrogen-bond acceptors (Lipinski definition) is 4. The molecular formula is C15H18IN3O. The maximum atomic E-state index is 5.29. The molecule has 1 aromatic carbocycles. The molecule has 106 valence electrons. The number of aromatic nitrogens is 2. The summed E-state index contributed by atoms with van der Waals surface area (Å²) in [6.07, 6.45) is 0. The SMILES string of the molecule is CCNc1nc(-c2ccc(OC)c(C)c2)nc(C)c1I. The van der Waals surface area contributed by atoms with Crippen LogP contribution in [-0.2, 0) is 0 Å². The molecule has 1 N–H and O–H groups in total. The van der Waals surface area contributed by atoms with Crippen molar-refractivity contribution in [3.05, 3.63) is 33.0 Å². The van der Waals surface area contributed by atoms with Crippen molar-refractivity contribution in [3.8, 4) is 17.1 Å². The van der Waals surface area contributed by atoms with Crippen LogP contribution in [-0.4, -0.2) is 23.6 Å². The Balaban J connectivity index is 2.49. The number of halogens is 1. The van der Waals surface area contributed by atoms with Crippen LogP contribution in [0, 0.1) is 17.4 Å². The van der Waals surface area contributed by atoms with Gasteiger partial charge in [0.1, 0.15) is 11.6 Å². The molecule has 20 heavy (non-hydrogen) atoms. The lowest BCUT2D eigenvalue weighted by molar-refractivity contribution is 0.412. The molecule has 0 aliphatic rings. The van der Waals surface area contributed by atoms with Gasteiger partial charge in [-0.3, -0.25) is 0 Å². The van der Waals surface area contributed by atoms with E-state index >= 15 is 0 Å². The Kier molecular flexibility index (Phi) is 4.80. The van der Waals surface area contributed by atoms with E-state index in [1.165, 1.54) is 0 Å². The van der Waals surface area contributed by atoms with E-state index in [0.717, 1.165) is 44.3 Å². The van der Waals surface area contributed by atoms with Gasteiger partial charge in [0.2, 0.25) is 0 Å². The lowest BCUT2D eigenvalue weighted by Gasteiger charge is -2.11. The van der Waals surface area contributed by atoms with Crippen LogP contribution in [0.1, 0.15) is 18.2 Å². The van der Waals surface area contributed by atoms with Crippen LogP contribution in [0.2, 0.25) is 0 Å². The van der Waals surface area contributed by atoms with Crippen LogP contribution in [0.25, 0.3) is 11.4 Å². The van der Waals surface area contributed by atoms with E-state index in [1.807, 2.05) is 26.0 Å². The van der Waals surface area contributed by atoms with Crippen LogP contribution in [0.15, 0.2) is 18.2 Å². The number of anilines is 1. The molecule has 2 aromatic rings. The minimum absolute atomic E-state index is 0.740. The summed E-state index contributed by atoms with van der Waals surface area (Å²) in [6.45, 7) is 6.93. The van der Waals surface area contributed by atoms with Crippen molar-refractivity contribution >= 4 is 28.4 Å². The summed E-state index contributed by atoms with van der Waals surface area (Å²) < 4.78 is 6.35. The average Bonchev–Trinajstić information content (AvgIpc) is 2.43. The maximum absolute atomic E-state index is 5.29. The molecular weight excluding hydrogens is 365 g/mol. The highest BCUT2D eigenvalue weighted by Gasteiger charge is 2.11. The van der Waals surface area contributed by atoms with E-state index in [0.29, 0.717) is 0 Å². The zero-order valence-corrected chi connectivity index (χ0v) is 14.3. The van der Waals surface area contributed by atoms with Crippen molar-refractivity contribution in [3.63, 3.8) is 0 Å². The van der Waals surface area contributed by atoms with Gasteiger partial charge < -0.3 is 10.1 Å². The third-order valence-corrected chi connectivity index (χ3v) is 4.31. The lowest BCUT2D eigenvalue weighted by Crippen LogP contribution is -2.06. The van der Waals surface area contributed by atoms with Gasteiger partial charge in [-0.2, -0.15) is 0 Å². The molecule has 4 nitrogen and oxygen atoms in total. The average molecular weight is 383 g/mol. The van der Waals surface area contributed by atoms with Crippen LogP contribution >= 0.6 is 22.6 Å². The first-order valence-corrected chi connectivity index (χ1v) is 7.57. The highest BCUT2D eigenvalue weighted by molar-refractivity contribution is 14.1. The summed E-state index contributed by atoms with van der Waals surface area (Å²) in [6, 6.07) is 5.99. The fraction of sp³-hybridized carbons (Fsp3) is 0.333. The van der Waals surface area contributed by atoms with E-state index in [-0.39, 0.29) is 0 Å². The first-order chi connectivity index (χ1) is 9.56. The number of hydrogen-bond donors (Lipinski definition) is 1. The second-order valence-electron chi connectivity index (χ2n) is 4.51. The highest BCUT2D eigenvalue weighted by atomic mass is 127. The summed E-state index contributed by atoms with van der Waals surface area (Å²) in [5, 5.41) is 3.28. The van der Waals surface area contributed by atoms with E-state index in [9.17, 15) is 0 Å². The number of rotatable bonds is 4. The maximum Gasteiger partial charge on any atom is 0.161 e. The van der Waals surface area contributed by atoms with Crippen molar-refractivity contribution < 1.29 is 4.74 Å². The van der Waals surface area contributed by atoms with Gasteiger partial charge in [0, 0.05) is 12.1 Å². The van der Waals surface area contributed by atoms with Crippen molar-refractivity contribution in [2.75, 3.05) is 19.0 Å². The van der Waals surface area contributed by atoms with Gasteiger partial charge in [-0.25, -0.2) is 9.97 Å². The van der Waals surface area contributed by atoms with Crippen LogP contribution in [0.3, 0.4) is 0 Å². The van der Waals surface area contributed by atoms with Crippen LogP contribution < -0.4 is 10.1 Å². The molecule has 0 saturated heterocycles. The Morgan fingerprint density at radius 3 is 2.60 bits per heavy atom. The first-order valence-electron chi connectivity index (χ1n) is 6.49. The molecule has 1 heterocycles. The molecule has 0 spiro atoms. The minimum atomic E-state index is 0.740. The standard InChI is InChI=1S/C15H18IN3O/c1-5-17-15-13(16)10(3)18-14(19-15)11-6-7-12(20-4)9(2)8-11/h6-8H,5H2,1-4H3,(H,17,18,19). The third kappa shape index (κ3) is 3.03. The number of nitrogens with one attached hydrogen (secondary N) is 1. The van der Waals surface area contributed by atoms with Gasteiger partial charge >= 0.3 is 0 Å². The van der Waals surface area contributed by atoms with Crippen molar-refractivity contribution in [2.45, 2.75) is 20.8 Å². The molecule has 0 unspecified atom stereocenters. The van der Waals surface area contributed by atoms with Gasteiger partial charge in [-0.05, 0) is 67.1 Å². The van der Waals surface area contributed by atoms with E-state index in [4.69, 9.17) is 4.74 Å².